The molecule has 1 aliphatic rings. The fourth-order valence-corrected chi connectivity index (χ4v) is 15.5. The van der Waals surface area contributed by atoms with Crippen molar-refractivity contribution in [1.29, 1.82) is 0 Å². The molecule has 2 atom stereocenters. The molecule has 0 aliphatic carbocycles. The second kappa shape index (κ2) is 8.04. The van der Waals surface area contributed by atoms with Gasteiger partial charge in [-0.1, -0.05) is 0 Å². The van der Waals surface area contributed by atoms with Gasteiger partial charge in [0.15, 0.2) is 0 Å². The average molecular weight is 434 g/mol. The molecule has 0 bridgehead atoms. The molecule has 1 aromatic carbocycles. The predicted molar refractivity (Wildman–Crippen MR) is 99.6 cm³/mol. The Morgan fingerprint density at radius 3 is 2.57 bits per heavy atom. The maximum absolute atomic E-state index is 12.7. The first-order valence-electron chi connectivity index (χ1n) is 7.21. The van der Waals surface area contributed by atoms with Gasteiger partial charge in [0.05, 0.1) is 0 Å². The van der Waals surface area contributed by atoms with E-state index in [1.807, 2.05) is 16.2 Å². The molecule has 1 amide bonds. The minimum absolute atomic E-state index is 0. The summed E-state index contributed by atoms with van der Waals surface area (Å²) in [5.74, 6) is 3.98. The van der Waals surface area contributed by atoms with Gasteiger partial charge in [-0.25, -0.2) is 0 Å². The first kappa shape index (κ1) is 19.1. The second-order valence-corrected chi connectivity index (χ2v) is 19.0. The van der Waals surface area contributed by atoms with Crippen molar-refractivity contribution >= 4 is 49.7 Å². The van der Waals surface area contributed by atoms with E-state index in [4.69, 9.17) is 5.73 Å². The molecule has 2 rings (SSSR count). The standard InChI is InChI=1S/C15H24GeN2OS.BrH/c1-12(2)11-14(17)15(19)18-9-10-20-16(18,3)13-7-5-4-6-8-13;/h4-8,12,14H,9-11,17H2,1-3H3;1H. The Kier molecular flexibility index (Phi) is 7.30. The summed E-state index contributed by atoms with van der Waals surface area (Å²) in [7, 11) is 2.01. The molecule has 1 saturated heterocycles. The normalized spacial score (nSPS) is 23.0. The van der Waals surface area contributed by atoms with Crippen LogP contribution in [0, 0.1) is 5.92 Å². The topological polar surface area (TPSA) is 46.3 Å². The summed E-state index contributed by atoms with van der Waals surface area (Å²) in [6.45, 7) is 5.09. The van der Waals surface area contributed by atoms with Gasteiger partial charge in [0, 0.05) is 0 Å². The van der Waals surface area contributed by atoms with Gasteiger partial charge in [-0.15, -0.1) is 17.0 Å². The number of carbonyl (C=O) groups is 1. The number of carbonyl (C=O) groups excluding carboxylic acids is 1. The number of hydrogen-bond acceptors (Lipinski definition) is 3. The molecule has 21 heavy (non-hydrogen) atoms. The van der Waals surface area contributed by atoms with Gasteiger partial charge in [-0.2, -0.15) is 0 Å². The van der Waals surface area contributed by atoms with Crippen LogP contribution in [0.1, 0.15) is 20.3 Å². The van der Waals surface area contributed by atoms with Crippen molar-refractivity contribution < 1.29 is 4.79 Å². The first-order chi connectivity index (χ1) is 9.45. The van der Waals surface area contributed by atoms with E-state index < -0.39 is 12.3 Å². The Morgan fingerprint density at radius 1 is 1.38 bits per heavy atom. The maximum atomic E-state index is 12.7. The van der Waals surface area contributed by atoms with Crippen LogP contribution in [-0.4, -0.2) is 40.4 Å². The van der Waals surface area contributed by atoms with E-state index in [0.29, 0.717) is 5.92 Å². The molecular formula is C15H25BrGeN2OS. The van der Waals surface area contributed by atoms with Crippen LogP contribution < -0.4 is 10.1 Å². The Balaban J connectivity index is 0.00000220. The quantitative estimate of drug-likeness (QED) is 0.742. The first-order valence-corrected chi connectivity index (χ1v) is 14.9. The monoisotopic (exact) mass is 434 g/mol. The van der Waals surface area contributed by atoms with Gasteiger partial charge in [-0.05, 0) is 0 Å². The zero-order chi connectivity index (χ0) is 14.8. The van der Waals surface area contributed by atoms with Gasteiger partial charge >= 0.3 is 128 Å². The van der Waals surface area contributed by atoms with E-state index in [1.165, 1.54) is 4.40 Å². The SMILES string of the molecule is Br.CC(C)CC(N)C(=O)[N]1CC[S][Ge]1([CH3])[c]1ccccc1. The molecule has 1 heterocycles. The number of halogens is 1. The fraction of sp³-hybridized carbons (Fsp3) is 0.533. The fourth-order valence-electron chi connectivity index (χ4n) is 2.74. The molecule has 0 aromatic heterocycles. The molecule has 3 nitrogen and oxygen atoms in total. The molecule has 0 spiro atoms. The van der Waals surface area contributed by atoms with Crippen LogP contribution in [0.2, 0.25) is 5.76 Å². The number of hydrogen-bond donors (Lipinski definition) is 1. The summed E-state index contributed by atoms with van der Waals surface area (Å²) in [5.41, 5.74) is 6.13. The molecule has 1 fully saturated rings. The number of benzene rings is 1. The molecule has 0 saturated carbocycles. The summed E-state index contributed by atoms with van der Waals surface area (Å²) in [4.78, 5) is 12.7. The van der Waals surface area contributed by atoms with E-state index in [0.717, 1.165) is 18.7 Å². The Labute approximate surface area is 144 Å². The summed E-state index contributed by atoms with van der Waals surface area (Å²) in [5, 5.41) is 0. The van der Waals surface area contributed by atoms with E-state index in [2.05, 4.69) is 47.7 Å². The average Bonchev–Trinajstić information content (AvgIpc) is 2.81. The number of amides is 1. The Bertz CT molecular complexity index is 474. The van der Waals surface area contributed by atoms with Crippen LogP contribution >= 0.6 is 27.1 Å². The molecule has 0 radical (unpaired) electrons. The molecule has 2 unspecified atom stereocenters. The molecule has 118 valence electrons. The Morgan fingerprint density at radius 2 is 2.00 bits per heavy atom. The number of rotatable bonds is 4. The van der Waals surface area contributed by atoms with Gasteiger partial charge in [-0.3, -0.25) is 0 Å². The van der Waals surface area contributed by atoms with Crippen molar-refractivity contribution in [2.75, 3.05) is 12.3 Å². The third kappa shape index (κ3) is 4.27. The summed E-state index contributed by atoms with van der Waals surface area (Å²) >= 11 is -2.53. The van der Waals surface area contributed by atoms with Crippen LogP contribution in [0.25, 0.3) is 0 Å². The number of nitrogens with zero attached hydrogens (tertiary/aromatic N) is 1. The van der Waals surface area contributed by atoms with E-state index in [1.54, 1.807) is 0 Å². The van der Waals surface area contributed by atoms with Crippen molar-refractivity contribution in [3.63, 3.8) is 0 Å². The second-order valence-electron chi connectivity index (χ2n) is 5.92. The summed E-state index contributed by atoms with van der Waals surface area (Å²) in [6.07, 6.45) is 0.771. The van der Waals surface area contributed by atoms with Crippen molar-refractivity contribution in [3.8, 4) is 0 Å². The van der Waals surface area contributed by atoms with Gasteiger partial charge in [0.2, 0.25) is 0 Å². The van der Waals surface area contributed by atoms with Gasteiger partial charge in [0.25, 0.3) is 0 Å². The molecule has 1 aromatic rings. The van der Waals surface area contributed by atoms with E-state index in [9.17, 15) is 4.79 Å². The molecule has 6 heteroatoms. The predicted octanol–water partition coefficient (Wildman–Crippen LogP) is 2.49. The van der Waals surface area contributed by atoms with E-state index in [-0.39, 0.29) is 28.9 Å². The summed E-state index contributed by atoms with van der Waals surface area (Å²) in [6, 6.07) is 10.2. The van der Waals surface area contributed by atoms with Crippen molar-refractivity contribution in [2.45, 2.75) is 32.1 Å². The van der Waals surface area contributed by atoms with Crippen molar-refractivity contribution in [2.24, 2.45) is 11.7 Å². The Hall–Kier alpha value is 0.0229. The van der Waals surface area contributed by atoms with E-state index >= 15 is 0 Å². The van der Waals surface area contributed by atoms with Crippen LogP contribution in [0.4, 0.5) is 0 Å². The van der Waals surface area contributed by atoms with Gasteiger partial charge < -0.3 is 0 Å². The molecule has 2 N–H and O–H groups in total. The zero-order valence-corrected chi connectivity index (χ0v) is 17.5. The third-order valence-electron chi connectivity index (χ3n) is 3.83. The van der Waals surface area contributed by atoms with Crippen molar-refractivity contribution in [1.82, 2.24) is 3.86 Å². The van der Waals surface area contributed by atoms with Crippen LogP contribution in [0.15, 0.2) is 30.3 Å². The molecular weight excluding hydrogens is 409 g/mol. The van der Waals surface area contributed by atoms with Crippen LogP contribution in [0.3, 0.4) is 0 Å². The van der Waals surface area contributed by atoms with Crippen LogP contribution in [0.5, 0.6) is 0 Å². The van der Waals surface area contributed by atoms with Gasteiger partial charge in [0.1, 0.15) is 0 Å². The zero-order valence-electron chi connectivity index (χ0n) is 12.9. The summed E-state index contributed by atoms with van der Waals surface area (Å²) < 4.78 is 3.51. The molecule has 1 aliphatic heterocycles. The van der Waals surface area contributed by atoms with Crippen molar-refractivity contribution in [3.05, 3.63) is 30.3 Å². The third-order valence-corrected chi connectivity index (χ3v) is 18.0. The van der Waals surface area contributed by atoms with Crippen LogP contribution in [-0.2, 0) is 4.79 Å². The number of nitrogens with two attached hydrogens (primary N) is 1. The minimum atomic E-state index is -2.53.